The summed E-state index contributed by atoms with van der Waals surface area (Å²) in [5.74, 6) is -0.0909. The highest BCUT2D eigenvalue weighted by Gasteiger charge is 2.44. The lowest BCUT2D eigenvalue weighted by atomic mass is 9.97. The summed E-state index contributed by atoms with van der Waals surface area (Å²) in [5, 5.41) is 2.94. The molecule has 2 aliphatic heterocycles. The van der Waals surface area contributed by atoms with Gasteiger partial charge in [0.05, 0.1) is 12.6 Å². The molecule has 0 spiro atoms. The molecule has 0 aromatic heterocycles. The molecule has 2 fully saturated rings. The van der Waals surface area contributed by atoms with E-state index in [1.165, 1.54) is 6.92 Å². The number of methoxy groups -OCH3 is 1. The summed E-state index contributed by atoms with van der Waals surface area (Å²) in [6.07, 6.45) is -0.761. The van der Waals surface area contributed by atoms with Gasteiger partial charge in [-0.2, -0.15) is 0 Å². The van der Waals surface area contributed by atoms with Crippen LogP contribution in [0, 0.1) is 0 Å². The third kappa shape index (κ3) is 3.30. The van der Waals surface area contributed by atoms with Crippen molar-refractivity contribution in [2.45, 2.75) is 44.2 Å². The molecular weight excluding hydrogens is 286 g/mol. The number of carbonyl (C=O) groups excluding carboxylic acids is 1. The first-order valence-electron chi connectivity index (χ1n) is 7.44. The molecule has 6 heteroatoms. The quantitative estimate of drug-likeness (QED) is 0.913. The van der Waals surface area contributed by atoms with Gasteiger partial charge in [0.2, 0.25) is 5.91 Å². The molecule has 1 amide bonds. The van der Waals surface area contributed by atoms with Crippen molar-refractivity contribution in [2.75, 3.05) is 13.7 Å². The molecule has 6 nitrogen and oxygen atoms in total. The lowest BCUT2D eigenvalue weighted by molar-refractivity contribution is -0.319. The van der Waals surface area contributed by atoms with E-state index in [1.807, 2.05) is 30.3 Å². The van der Waals surface area contributed by atoms with Crippen LogP contribution in [-0.2, 0) is 23.7 Å². The van der Waals surface area contributed by atoms with E-state index in [1.54, 1.807) is 7.11 Å². The maximum Gasteiger partial charge on any atom is 0.217 e. The minimum absolute atomic E-state index is 0.0909. The highest BCUT2D eigenvalue weighted by Crippen LogP contribution is 2.33. The van der Waals surface area contributed by atoms with Crippen molar-refractivity contribution in [2.24, 2.45) is 0 Å². The number of rotatable bonds is 3. The van der Waals surface area contributed by atoms with Crippen LogP contribution >= 0.6 is 0 Å². The van der Waals surface area contributed by atoms with Gasteiger partial charge in [-0.25, -0.2) is 0 Å². The number of carbonyl (C=O) groups is 1. The smallest absolute Gasteiger partial charge is 0.217 e. The zero-order valence-corrected chi connectivity index (χ0v) is 12.7. The molecule has 120 valence electrons. The second kappa shape index (κ2) is 6.75. The van der Waals surface area contributed by atoms with Crippen LogP contribution in [0.5, 0.6) is 0 Å². The molecule has 1 aromatic carbocycles. The van der Waals surface area contributed by atoms with Gasteiger partial charge in [0.15, 0.2) is 12.6 Å². The zero-order valence-electron chi connectivity index (χ0n) is 12.7. The second-order valence-electron chi connectivity index (χ2n) is 5.56. The van der Waals surface area contributed by atoms with Gasteiger partial charge >= 0.3 is 0 Å². The van der Waals surface area contributed by atoms with E-state index in [9.17, 15) is 4.79 Å². The third-order valence-corrected chi connectivity index (χ3v) is 3.95. The maximum absolute atomic E-state index is 11.5. The Bertz CT molecular complexity index is 509. The summed E-state index contributed by atoms with van der Waals surface area (Å²) in [4.78, 5) is 11.5. The van der Waals surface area contributed by atoms with Crippen LogP contribution in [-0.4, -0.2) is 44.2 Å². The Balaban J connectivity index is 1.75. The average molecular weight is 307 g/mol. The molecule has 0 saturated carbocycles. The lowest BCUT2D eigenvalue weighted by Gasteiger charge is -2.45. The van der Waals surface area contributed by atoms with Crippen LogP contribution in [0.25, 0.3) is 0 Å². The molecule has 22 heavy (non-hydrogen) atoms. The van der Waals surface area contributed by atoms with Gasteiger partial charge in [-0.3, -0.25) is 4.79 Å². The largest absolute Gasteiger partial charge is 0.356 e. The van der Waals surface area contributed by atoms with E-state index in [4.69, 9.17) is 18.9 Å². The molecule has 1 aromatic rings. The Morgan fingerprint density at radius 2 is 2.05 bits per heavy atom. The van der Waals surface area contributed by atoms with E-state index in [0.717, 1.165) is 5.56 Å². The van der Waals surface area contributed by atoms with Crippen molar-refractivity contribution in [3.05, 3.63) is 35.9 Å². The van der Waals surface area contributed by atoms with Crippen LogP contribution in [0.3, 0.4) is 0 Å². The zero-order chi connectivity index (χ0) is 15.5. The van der Waals surface area contributed by atoms with Crippen LogP contribution in [0.4, 0.5) is 0 Å². The normalized spacial score (nSPS) is 34.7. The Morgan fingerprint density at radius 3 is 2.73 bits per heavy atom. The number of benzene rings is 1. The van der Waals surface area contributed by atoms with Crippen LogP contribution in [0.1, 0.15) is 25.2 Å². The van der Waals surface area contributed by atoms with Crippen molar-refractivity contribution in [3.63, 3.8) is 0 Å². The summed E-state index contributed by atoms with van der Waals surface area (Å²) in [7, 11) is 1.59. The molecule has 1 N–H and O–H groups in total. The minimum atomic E-state index is -0.443. The highest BCUT2D eigenvalue weighted by atomic mass is 16.7. The summed E-state index contributed by atoms with van der Waals surface area (Å²) in [6, 6.07) is 9.59. The Morgan fingerprint density at radius 1 is 1.27 bits per heavy atom. The van der Waals surface area contributed by atoms with Crippen LogP contribution in [0.2, 0.25) is 0 Å². The molecule has 0 radical (unpaired) electrons. The molecule has 3 rings (SSSR count). The number of hydrogen-bond acceptors (Lipinski definition) is 5. The number of amides is 1. The second-order valence-corrected chi connectivity index (χ2v) is 5.56. The summed E-state index contributed by atoms with van der Waals surface area (Å²) < 4.78 is 22.9. The lowest BCUT2D eigenvalue weighted by Crippen LogP contribution is -2.60. The first-order chi connectivity index (χ1) is 10.7. The van der Waals surface area contributed by atoms with Gasteiger partial charge in [0, 0.05) is 26.0 Å². The maximum atomic E-state index is 11.5. The van der Waals surface area contributed by atoms with Crippen molar-refractivity contribution >= 4 is 5.91 Å². The molecule has 0 aliphatic carbocycles. The van der Waals surface area contributed by atoms with E-state index in [0.29, 0.717) is 13.0 Å². The SMILES string of the molecule is CO[C@@H]1C[C@@H](NC(C)=O)[C@@H]2O[C@@H](c3ccccc3)OC[C@H]2O1. The predicted molar refractivity (Wildman–Crippen MR) is 77.9 cm³/mol. The van der Waals surface area contributed by atoms with Gasteiger partial charge in [-0.05, 0) is 0 Å². The van der Waals surface area contributed by atoms with Gasteiger partial charge < -0.3 is 24.3 Å². The van der Waals surface area contributed by atoms with Crippen molar-refractivity contribution in [1.82, 2.24) is 5.32 Å². The Labute approximate surface area is 129 Å². The van der Waals surface area contributed by atoms with E-state index >= 15 is 0 Å². The molecule has 2 saturated heterocycles. The molecule has 2 heterocycles. The molecule has 5 atom stereocenters. The number of fused-ring (bicyclic) bond motifs is 1. The summed E-state index contributed by atoms with van der Waals surface area (Å²) in [6.45, 7) is 1.90. The number of hydrogen-bond donors (Lipinski definition) is 1. The van der Waals surface area contributed by atoms with E-state index in [2.05, 4.69) is 5.32 Å². The summed E-state index contributed by atoms with van der Waals surface area (Å²) >= 11 is 0. The number of ether oxygens (including phenoxy) is 4. The predicted octanol–water partition coefficient (Wildman–Crippen LogP) is 1.37. The monoisotopic (exact) mass is 307 g/mol. The van der Waals surface area contributed by atoms with Gasteiger partial charge in [0.1, 0.15) is 12.2 Å². The van der Waals surface area contributed by atoms with Gasteiger partial charge in [-0.1, -0.05) is 30.3 Å². The third-order valence-electron chi connectivity index (χ3n) is 3.95. The number of nitrogens with one attached hydrogen (secondary N) is 1. The average Bonchev–Trinajstić information content (AvgIpc) is 2.54. The van der Waals surface area contributed by atoms with E-state index < -0.39 is 6.29 Å². The standard InChI is InChI=1S/C16H21NO5/c1-10(18)17-12-8-14(19-2)21-13-9-20-16(22-15(12)13)11-6-4-3-5-7-11/h3-7,12-16H,8-9H2,1-2H3,(H,17,18)/t12-,13-,14+,15+,16+/m1/s1. The van der Waals surface area contributed by atoms with E-state index in [-0.39, 0.29) is 30.4 Å². The fourth-order valence-electron chi connectivity index (χ4n) is 2.95. The molecule has 0 unspecified atom stereocenters. The Kier molecular flexibility index (Phi) is 4.73. The van der Waals surface area contributed by atoms with Crippen molar-refractivity contribution in [1.29, 1.82) is 0 Å². The molecule has 0 bridgehead atoms. The van der Waals surface area contributed by atoms with Gasteiger partial charge in [0.25, 0.3) is 0 Å². The fourth-order valence-corrected chi connectivity index (χ4v) is 2.95. The van der Waals surface area contributed by atoms with Crippen molar-refractivity contribution in [3.8, 4) is 0 Å². The highest BCUT2D eigenvalue weighted by molar-refractivity contribution is 5.73. The van der Waals surface area contributed by atoms with Crippen LogP contribution in [0.15, 0.2) is 30.3 Å². The first-order valence-corrected chi connectivity index (χ1v) is 7.44. The Hall–Kier alpha value is -1.47. The van der Waals surface area contributed by atoms with Gasteiger partial charge in [-0.15, -0.1) is 0 Å². The van der Waals surface area contributed by atoms with Crippen LogP contribution < -0.4 is 5.32 Å². The first kappa shape index (κ1) is 15.4. The molecule has 2 aliphatic rings. The van der Waals surface area contributed by atoms with Crippen molar-refractivity contribution < 1.29 is 23.7 Å². The fraction of sp³-hybridized carbons (Fsp3) is 0.562. The minimum Gasteiger partial charge on any atom is -0.356 e. The molecular formula is C16H21NO5. The topological polar surface area (TPSA) is 66.0 Å². The summed E-state index contributed by atoms with van der Waals surface area (Å²) in [5.41, 5.74) is 0.955.